The monoisotopic (exact) mass is 436 g/mol. The van der Waals surface area contributed by atoms with Gasteiger partial charge in [-0.1, -0.05) is 30.3 Å². The summed E-state index contributed by atoms with van der Waals surface area (Å²) >= 11 is 0. The largest absolute Gasteiger partial charge is 0.368 e. The van der Waals surface area contributed by atoms with Crippen LogP contribution in [0.2, 0.25) is 0 Å². The van der Waals surface area contributed by atoms with E-state index in [-0.39, 0.29) is 0 Å². The second-order valence-electron chi connectivity index (χ2n) is 8.09. The van der Waals surface area contributed by atoms with Crippen LogP contribution in [0.5, 0.6) is 0 Å². The van der Waals surface area contributed by atoms with Crippen LogP contribution in [-0.4, -0.2) is 49.8 Å². The second kappa shape index (κ2) is 8.67. The zero-order chi connectivity index (χ0) is 22.0. The summed E-state index contributed by atoms with van der Waals surface area (Å²) in [6, 6.07) is 17.4. The fourth-order valence-electron chi connectivity index (χ4n) is 3.78. The lowest BCUT2D eigenvalue weighted by molar-refractivity contribution is 0.587. The first-order chi connectivity index (χ1) is 14.9. The van der Waals surface area contributed by atoms with Crippen molar-refractivity contribution in [1.29, 1.82) is 0 Å². The highest BCUT2D eigenvalue weighted by molar-refractivity contribution is 7.92. The third-order valence-electron chi connectivity index (χ3n) is 5.73. The molecule has 1 fully saturated rings. The van der Waals surface area contributed by atoms with Crippen molar-refractivity contribution in [1.82, 2.24) is 9.97 Å². The molecule has 4 rings (SSSR count). The van der Waals surface area contributed by atoms with E-state index in [9.17, 15) is 8.42 Å². The summed E-state index contributed by atoms with van der Waals surface area (Å²) < 4.78 is 24.8. The minimum atomic E-state index is -3.28. The molecule has 0 amide bonds. The summed E-state index contributed by atoms with van der Waals surface area (Å²) in [4.78, 5) is 14.5. The Labute approximate surface area is 184 Å². The van der Waals surface area contributed by atoms with Crippen molar-refractivity contribution < 1.29 is 8.42 Å². The van der Waals surface area contributed by atoms with Gasteiger partial charge in [0.05, 0.1) is 27.7 Å². The first-order valence-corrected chi connectivity index (χ1v) is 12.1. The van der Waals surface area contributed by atoms with E-state index in [0.717, 1.165) is 48.9 Å². The summed E-state index contributed by atoms with van der Waals surface area (Å²) in [5.41, 5.74) is 3.75. The van der Waals surface area contributed by atoms with Crippen LogP contribution in [0.1, 0.15) is 19.5 Å². The van der Waals surface area contributed by atoms with Gasteiger partial charge in [0.1, 0.15) is 0 Å². The Morgan fingerprint density at radius 3 is 2.10 bits per heavy atom. The van der Waals surface area contributed by atoms with Gasteiger partial charge < -0.3 is 9.80 Å². The third kappa shape index (κ3) is 4.42. The molecule has 0 atom stereocenters. The van der Waals surface area contributed by atoms with Gasteiger partial charge in [-0.2, -0.15) is 0 Å². The molecule has 1 aliphatic heterocycles. The molecule has 1 aromatic heterocycles. The van der Waals surface area contributed by atoms with Crippen LogP contribution >= 0.6 is 0 Å². The van der Waals surface area contributed by atoms with Crippen molar-refractivity contribution in [3.63, 3.8) is 0 Å². The number of anilines is 2. The van der Waals surface area contributed by atoms with E-state index in [1.165, 1.54) is 5.69 Å². The molecule has 0 saturated carbocycles. The fraction of sp³-hybridized carbons (Fsp3) is 0.333. The Balaban J connectivity index is 1.53. The number of aryl methyl sites for hydroxylation is 1. The molecule has 3 aromatic rings. The van der Waals surface area contributed by atoms with E-state index in [1.54, 1.807) is 32.2 Å². The molecule has 0 spiro atoms. The maximum absolute atomic E-state index is 12.4. The van der Waals surface area contributed by atoms with Crippen molar-refractivity contribution in [2.45, 2.75) is 30.9 Å². The van der Waals surface area contributed by atoms with Crippen molar-refractivity contribution in [2.24, 2.45) is 0 Å². The quantitative estimate of drug-likeness (QED) is 0.603. The summed E-state index contributed by atoms with van der Waals surface area (Å²) in [6.45, 7) is 8.97. The summed E-state index contributed by atoms with van der Waals surface area (Å²) in [7, 11) is -3.28. The molecular formula is C24H28N4O2S. The normalized spacial score (nSPS) is 14.8. The number of aromatic nitrogens is 2. The maximum Gasteiger partial charge on any atom is 0.180 e. The fourth-order valence-corrected chi connectivity index (χ4v) is 4.84. The average Bonchev–Trinajstić information content (AvgIpc) is 2.80. The maximum atomic E-state index is 12.4. The summed E-state index contributed by atoms with van der Waals surface area (Å²) in [6.07, 6.45) is 1.75. The van der Waals surface area contributed by atoms with Gasteiger partial charge in [-0.05, 0) is 45.0 Å². The van der Waals surface area contributed by atoms with Gasteiger partial charge in [0, 0.05) is 37.4 Å². The van der Waals surface area contributed by atoms with Crippen molar-refractivity contribution in [2.75, 3.05) is 36.0 Å². The molecule has 1 aliphatic rings. The van der Waals surface area contributed by atoms with E-state index in [4.69, 9.17) is 4.98 Å². The molecule has 31 heavy (non-hydrogen) atoms. The molecule has 0 N–H and O–H groups in total. The van der Waals surface area contributed by atoms with Gasteiger partial charge >= 0.3 is 0 Å². The van der Waals surface area contributed by atoms with Crippen LogP contribution in [0.3, 0.4) is 0 Å². The van der Waals surface area contributed by atoms with Crippen LogP contribution in [0.25, 0.3) is 11.3 Å². The highest BCUT2D eigenvalue weighted by atomic mass is 32.2. The van der Waals surface area contributed by atoms with Crippen molar-refractivity contribution >= 4 is 21.3 Å². The minimum absolute atomic E-state index is 0.337. The van der Waals surface area contributed by atoms with Crippen LogP contribution in [-0.2, 0) is 9.84 Å². The predicted octanol–water partition coefficient (Wildman–Crippen LogP) is 3.96. The number of piperazine rings is 1. The molecule has 162 valence electrons. The molecule has 0 radical (unpaired) electrons. The first kappa shape index (κ1) is 21.3. The number of rotatable bonds is 5. The standard InChI is InChI=1S/C24H28N4O2S/c1-18(2)31(29,30)22-11-9-20(10-12-22)23-17-25-19(3)24(26-23)28-15-13-27(14-16-28)21-7-5-4-6-8-21/h4-12,17-18H,13-16H2,1-3H3. The molecule has 2 aromatic carbocycles. The number of hydrogen-bond donors (Lipinski definition) is 0. The molecule has 1 saturated heterocycles. The molecule has 0 unspecified atom stereocenters. The molecule has 7 heteroatoms. The van der Waals surface area contributed by atoms with E-state index >= 15 is 0 Å². The van der Waals surface area contributed by atoms with Crippen LogP contribution < -0.4 is 9.80 Å². The van der Waals surface area contributed by atoms with E-state index in [1.807, 2.05) is 25.1 Å². The van der Waals surface area contributed by atoms with E-state index in [2.05, 4.69) is 39.0 Å². The van der Waals surface area contributed by atoms with Gasteiger partial charge in [-0.3, -0.25) is 4.98 Å². The molecule has 2 heterocycles. The second-order valence-corrected chi connectivity index (χ2v) is 10.6. The van der Waals surface area contributed by atoms with Crippen molar-refractivity contribution in [3.8, 4) is 11.3 Å². The number of sulfone groups is 1. The summed E-state index contributed by atoms with van der Waals surface area (Å²) in [5, 5.41) is -0.446. The zero-order valence-electron chi connectivity index (χ0n) is 18.2. The van der Waals surface area contributed by atoms with Gasteiger partial charge in [0.25, 0.3) is 0 Å². The lowest BCUT2D eigenvalue weighted by atomic mass is 10.1. The average molecular weight is 437 g/mol. The van der Waals surface area contributed by atoms with E-state index < -0.39 is 15.1 Å². The molecular weight excluding hydrogens is 408 g/mol. The Bertz CT molecular complexity index is 1140. The van der Waals surface area contributed by atoms with Gasteiger partial charge in [-0.15, -0.1) is 0 Å². The Kier molecular flexibility index (Phi) is 5.96. The minimum Gasteiger partial charge on any atom is -0.368 e. The Morgan fingerprint density at radius 1 is 0.871 bits per heavy atom. The Hall–Kier alpha value is -2.93. The molecule has 0 bridgehead atoms. The van der Waals surface area contributed by atoms with Crippen LogP contribution in [0.15, 0.2) is 65.7 Å². The smallest absolute Gasteiger partial charge is 0.180 e. The zero-order valence-corrected chi connectivity index (χ0v) is 19.0. The third-order valence-corrected chi connectivity index (χ3v) is 7.90. The Morgan fingerprint density at radius 2 is 1.48 bits per heavy atom. The summed E-state index contributed by atoms with van der Waals surface area (Å²) in [5.74, 6) is 0.893. The van der Waals surface area contributed by atoms with Gasteiger partial charge in [0.15, 0.2) is 15.7 Å². The number of benzene rings is 2. The molecule has 0 aliphatic carbocycles. The number of nitrogens with zero attached hydrogens (tertiary/aromatic N) is 4. The highest BCUT2D eigenvalue weighted by Gasteiger charge is 2.22. The number of hydrogen-bond acceptors (Lipinski definition) is 6. The lowest BCUT2D eigenvalue weighted by Gasteiger charge is -2.37. The molecule has 6 nitrogen and oxygen atoms in total. The number of para-hydroxylation sites is 1. The van der Waals surface area contributed by atoms with Gasteiger partial charge in [-0.25, -0.2) is 13.4 Å². The topological polar surface area (TPSA) is 66.4 Å². The van der Waals surface area contributed by atoms with Crippen LogP contribution in [0.4, 0.5) is 11.5 Å². The van der Waals surface area contributed by atoms with Crippen LogP contribution in [0, 0.1) is 6.92 Å². The highest BCUT2D eigenvalue weighted by Crippen LogP contribution is 2.26. The first-order valence-electron chi connectivity index (χ1n) is 10.6. The van der Waals surface area contributed by atoms with Gasteiger partial charge in [0.2, 0.25) is 0 Å². The lowest BCUT2D eigenvalue weighted by Crippen LogP contribution is -2.47. The predicted molar refractivity (Wildman–Crippen MR) is 125 cm³/mol. The SMILES string of the molecule is Cc1ncc(-c2ccc(S(=O)(=O)C(C)C)cc2)nc1N1CCN(c2ccccc2)CC1. The van der Waals surface area contributed by atoms with E-state index in [0.29, 0.717) is 4.90 Å². The van der Waals surface area contributed by atoms with Crippen molar-refractivity contribution in [3.05, 3.63) is 66.5 Å².